The molecule has 3 aromatic rings. The van der Waals surface area contributed by atoms with Crippen LogP contribution in [0, 0.1) is 25.6 Å². The highest BCUT2D eigenvalue weighted by atomic mass is 32.2. The van der Waals surface area contributed by atoms with Crippen LogP contribution in [0.3, 0.4) is 0 Å². The lowest BCUT2D eigenvalue weighted by atomic mass is 9.89. The third-order valence-electron chi connectivity index (χ3n) is 6.60. The van der Waals surface area contributed by atoms with E-state index in [-0.39, 0.29) is 11.6 Å². The molecular formula is C30H35FN2OS. The number of halogens is 1. The second kappa shape index (κ2) is 12.3. The van der Waals surface area contributed by atoms with Crippen molar-refractivity contribution in [1.82, 2.24) is 4.90 Å². The van der Waals surface area contributed by atoms with Crippen molar-refractivity contribution >= 4 is 16.9 Å². The highest BCUT2D eigenvalue weighted by Gasteiger charge is 2.22. The van der Waals surface area contributed by atoms with Crippen LogP contribution in [0.2, 0.25) is 0 Å². The van der Waals surface area contributed by atoms with Crippen molar-refractivity contribution in [3.8, 4) is 5.75 Å². The lowest BCUT2D eigenvalue weighted by Gasteiger charge is -2.32. The SMILES string of the molecule is Cc1ccc(SC(=NCc2ccc(F)cc2)N(Cc2cccc(O)c2)CC2CCCCC2)c(C)c1. The normalized spacial score (nSPS) is 14.8. The van der Waals surface area contributed by atoms with Gasteiger partial charge in [0.1, 0.15) is 11.6 Å². The van der Waals surface area contributed by atoms with Crippen molar-refractivity contribution < 1.29 is 9.50 Å². The Bertz CT molecular complexity index is 1140. The Hall–Kier alpha value is -2.79. The second-order valence-corrected chi connectivity index (χ2v) is 10.7. The molecule has 0 aliphatic heterocycles. The molecule has 1 aliphatic rings. The van der Waals surface area contributed by atoms with E-state index in [1.807, 2.05) is 12.1 Å². The summed E-state index contributed by atoms with van der Waals surface area (Å²) >= 11 is 1.71. The highest BCUT2D eigenvalue weighted by molar-refractivity contribution is 8.13. The minimum Gasteiger partial charge on any atom is -0.508 e. The van der Waals surface area contributed by atoms with E-state index >= 15 is 0 Å². The average Bonchev–Trinajstić information content (AvgIpc) is 2.84. The van der Waals surface area contributed by atoms with Gasteiger partial charge in [0.05, 0.1) is 6.54 Å². The predicted molar refractivity (Wildman–Crippen MR) is 144 cm³/mol. The molecule has 0 saturated heterocycles. The van der Waals surface area contributed by atoms with Gasteiger partial charge in [-0.3, -0.25) is 4.99 Å². The number of aliphatic imine (C=N–C) groups is 1. The zero-order chi connectivity index (χ0) is 24.6. The molecule has 1 fully saturated rings. The van der Waals surface area contributed by atoms with Gasteiger partial charge in [-0.1, -0.05) is 73.0 Å². The van der Waals surface area contributed by atoms with Crippen LogP contribution < -0.4 is 0 Å². The van der Waals surface area contributed by atoms with E-state index in [4.69, 9.17) is 4.99 Å². The summed E-state index contributed by atoms with van der Waals surface area (Å²) in [5.41, 5.74) is 4.53. The highest BCUT2D eigenvalue weighted by Crippen LogP contribution is 2.31. The van der Waals surface area contributed by atoms with Crippen molar-refractivity contribution in [1.29, 1.82) is 0 Å². The zero-order valence-electron chi connectivity index (χ0n) is 20.7. The van der Waals surface area contributed by atoms with Crippen molar-refractivity contribution in [2.45, 2.75) is 63.9 Å². The van der Waals surface area contributed by atoms with Gasteiger partial charge < -0.3 is 10.0 Å². The molecule has 184 valence electrons. The monoisotopic (exact) mass is 490 g/mol. The van der Waals surface area contributed by atoms with Gasteiger partial charge in [0, 0.05) is 18.0 Å². The third-order valence-corrected chi connectivity index (χ3v) is 7.85. The smallest absolute Gasteiger partial charge is 0.164 e. The van der Waals surface area contributed by atoms with Crippen molar-refractivity contribution in [3.63, 3.8) is 0 Å². The molecule has 1 aliphatic carbocycles. The first-order chi connectivity index (χ1) is 17.0. The summed E-state index contributed by atoms with van der Waals surface area (Å²) in [6, 6.07) is 20.6. The van der Waals surface area contributed by atoms with Gasteiger partial charge in [-0.05, 0) is 79.6 Å². The van der Waals surface area contributed by atoms with E-state index in [0.29, 0.717) is 19.0 Å². The number of benzene rings is 3. The van der Waals surface area contributed by atoms with Crippen LogP contribution in [0.25, 0.3) is 0 Å². The Labute approximate surface area is 213 Å². The lowest BCUT2D eigenvalue weighted by Crippen LogP contribution is -2.34. The molecule has 0 atom stereocenters. The van der Waals surface area contributed by atoms with Crippen LogP contribution in [0.4, 0.5) is 4.39 Å². The number of hydrogen-bond donors (Lipinski definition) is 1. The summed E-state index contributed by atoms with van der Waals surface area (Å²) in [7, 11) is 0. The van der Waals surface area contributed by atoms with Gasteiger partial charge >= 0.3 is 0 Å². The molecule has 0 amide bonds. The second-order valence-electron chi connectivity index (χ2n) is 9.65. The van der Waals surface area contributed by atoms with Gasteiger partial charge in [-0.2, -0.15) is 0 Å². The number of amidine groups is 1. The molecule has 0 radical (unpaired) electrons. The van der Waals surface area contributed by atoms with Gasteiger partial charge in [0.15, 0.2) is 5.17 Å². The van der Waals surface area contributed by atoms with Gasteiger partial charge in [0.25, 0.3) is 0 Å². The van der Waals surface area contributed by atoms with Crippen LogP contribution in [-0.4, -0.2) is 21.7 Å². The molecule has 0 unspecified atom stereocenters. The summed E-state index contributed by atoms with van der Waals surface area (Å²) in [4.78, 5) is 8.67. The summed E-state index contributed by atoms with van der Waals surface area (Å²) in [6.07, 6.45) is 6.39. The first kappa shape index (κ1) is 25.3. The Balaban J connectivity index is 1.67. The van der Waals surface area contributed by atoms with Crippen molar-refractivity contribution in [2.24, 2.45) is 10.9 Å². The van der Waals surface area contributed by atoms with Crippen molar-refractivity contribution in [2.75, 3.05) is 6.54 Å². The molecule has 0 heterocycles. The molecule has 1 N–H and O–H groups in total. The maximum atomic E-state index is 13.4. The van der Waals surface area contributed by atoms with Crippen LogP contribution in [0.5, 0.6) is 5.75 Å². The quantitative estimate of drug-likeness (QED) is 0.208. The fraction of sp³-hybridized carbons (Fsp3) is 0.367. The maximum Gasteiger partial charge on any atom is 0.164 e. The van der Waals surface area contributed by atoms with Crippen LogP contribution >= 0.6 is 11.8 Å². The molecule has 1 saturated carbocycles. The standard InChI is InChI=1S/C30H35FN2OS/c1-22-11-16-29(23(2)17-22)35-30(32-19-24-12-14-27(31)15-13-24)33(20-25-7-4-3-5-8-25)21-26-9-6-10-28(34)18-26/h6,9-18,25,34H,3-5,7-8,19-21H2,1-2H3. The predicted octanol–water partition coefficient (Wildman–Crippen LogP) is 7.88. The van der Waals surface area contributed by atoms with E-state index in [2.05, 4.69) is 43.0 Å². The Morgan fingerprint density at radius 3 is 2.46 bits per heavy atom. The van der Waals surface area contributed by atoms with E-state index in [0.717, 1.165) is 22.8 Å². The fourth-order valence-electron chi connectivity index (χ4n) is 4.72. The number of hydrogen-bond acceptors (Lipinski definition) is 3. The first-order valence-electron chi connectivity index (χ1n) is 12.5. The van der Waals surface area contributed by atoms with Gasteiger partial charge in [0.2, 0.25) is 0 Å². The molecule has 0 aromatic heterocycles. The van der Waals surface area contributed by atoms with Crippen LogP contribution in [-0.2, 0) is 13.1 Å². The minimum atomic E-state index is -0.231. The van der Waals surface area contributed by atoms with E-state index < -0.39 is 0 Å². The average molecular weight is 491 g/mol. The largest absolute Gasteiger partial charge is 0.508 e. The molecule has 0 bridgehead atoms. The number of phenolic OH excluding ortho intramolecular Hbond substituents is 1. The Morgan fingerprint density at radius 2 is 1.74 bits per heavy atom. The number of nitrogens with zero attached hydrogens (tertiary/aromatic N) is 2. The molecule has 0 spiro atoms. The number of rotatable bonds is 7. The molecular weight excluding hydrogens is 455 g/mol. The van der Waals surface area contributed by atoms with E-state index in [1.165, 1.54) is 60.3 Å². The summed E-state index contributed by atoms with van der Waals surface area (Å²) < 4.78 is 13.4. The zero-order valence-corrected chi connectivity index (χ0v) is 21.5. The number of thioether (sulfide) groups is 1. The lowest BCUT2D eigenvalue weighted by molar-refractivity contribution is 0.271. The number of phenols is 1. The molecule has 35 heavy (non-hydrogen) atoms. The number of aryl methyl sites for hydroxylation is 2. The molecule has 3 aromatic carbocycles. The molecule has 5 heteroatoms. The van der Waals surface area contributed by atoms with Crippen LogP contribution in [0.1, 0.15) is 54.4 Å². The van der Waals surface area contributed by atoms with Crippen LogP contribution in [0.15, 0.2) is 76.6 Å². The van der Waals surface area contributed by atoms with Gasteiger partial charge in [-0.25, -0.2) is 4.39 Å². The summed E-state index contributed by atoms with van der Waals surface area (Å²) in [5, 5.41) is 11.0. The topological polar surface area (TPSA) is 35.8 Å². The minimum absolute atomic E-state index is 0.231. The van der Waals surface area contributed by atoms with E-state index in [9.17, 15) is 9.50 Å². The third kappa shape index (κ3) is 7.60. The molecule has 3 nitrogen and oxygen atoms in total. The number of aromatic hydroxyl groups is 1. The first-order valence-corrected chi connectivity index (χ1v) is 13.3. The maximum absolute atomic E-state index is 13.4. The summed E-state index contributed by atoms with van der Waals surface area (Å²) in [5.74, 6) is 0.689. The Kier molecular flexibility index (Phi) is 8.86. The fourth-order valence-corrected chi connectivity index (χ4v) is 5.67. The van der Waals surface area contributed by atoms with E-state index in [1.54, 1.807) is 30.0 Å². The molecule has 4 rings (SSSR count). The summed E-state index contributed by atoms with van der Waals surface area (Å²) in [6.45, 7) is 6.38. The van der Waals surface area contributed by atoms with Crippen molar-refractivity contribution in [3.05, 3.63) is 94.8 Å². The Morgan fingerprint density at radius 1 is 0.971 bits per heavy atom. The van der Waals surface area contributed by atoms with Gasteiger partial charge in [-0.15, -0.1) is 0 Å².